The lowest BCUT2D eigenvalue weighted by Gasteiger charge is -2.28. The highest BCUT2D eigenvalue weighted by atomic mass is 16.7. The maximum Gasteiger partial charge on any atom is 0.249 e. The Hall–Kier alpha value is -5.02. The minimum Gasteiger partial charge on any atom is -0.389 e. The smallest absolute Gasteiger partial charge is 0.249 e. The lowest BCUT2D eigenvalue weighted by Crippen LogP contribution is -2.55. The summed E-state index contributed by atoms with van der Waals surface area (Å²) in [6.07, 6.45) is 1.94. The molecular formula is C42H57N5O9. The van der Waals surface area contributed by atoms with E-state index in [0.717, 1.165) is 12.3 Å². The topological polar surface area (TPSA) is 190 Å². The summed E-state index contributed by atoms with van der Waals surface area (Å²) in [6, 6.07) is 13.3. The molecule has 0 radical (unpaired) electrons. The van der Waals surface area contributed by atoms with Crippen LogP contribution in [0, 0.1) is 11.8 Å². The summed E-state index contributed by atoms with van der Waals surface area (Å²) in [7, 11) is 0. The van der Waals surface area contributed by atoms with E-state index in [-0.39, 0.29) is 30.3 Å². The molecule has 0 bridgehead atoms. The Morgan fingerprint density at radius 2 is 1.02 bits per heavy atom. The number of hydrogen-bond donors (Lipinski definition) is 5. The van der Waals surface area contributed by atoms with Crippen LogP contribution in [-0.4, -0.2) is 70.3 Å². The Balaban J connectivity index is 1.88. The number of carbonyl (C=O) groups excluding carboxylic acids is 6. The van der Waals surface area contributed by atoms with E-state index >= 15 is 0 Å². The summed E-state index contributed by atoms with van der Waals surface area (Å²) in [5.41, 5.74) is 7.27. The number of hydrogen-bond acceptors (Lipinski definition) is 12. The second-order valence-electron chi connectivity index (χ2n) is 16.3. The van der Waals surface area contributed by atoms with Gasteiger partial charge in [0, 0.05) is 12.8 Å². The first-order valence-electron chi connectivity index (χ1n) is 18.7. The highest BCUT2D eigenvalue weighted by Gasteiger charge is 2.37. The van der Waals surface area contributed by atoms with Crippen molar-refractivity contribution in [2.24, 2.45) is 11.8 Å². The van der Waals surface area contributed by atoms with Crippen LogP contribution < -0.4 is 27.1 Å². The maximum atomic E-state index is 13.9. The quantitative estimate of drug-likeness (QED) is 0.0971. The molecule has 304 valence electrons. The molecule has 0 aromatic heterocycles. The summed E-state index contributed by atoms with van der Waals surface area (Å²) in [4.78, 5) is 98.9. The maximum absolute atomic E-state index is 13.9. The van der Waals surface area contributed by atoms with Gasteiger partial charge in [-0.15, -0.1) is 0 Å². The molecule has 5 N–H and O–H groups in total. The Morgan fingerprint density at radius 3 is 1.39 bits per heavy atom. The molecule has 1 aliphatic heterocycles. The molecule has 1 heterocycles. The third-order valence-electron chi connectivity index (χ3n) is 8.32. The van der Waals surface area contributed by atoms with Crippen molar-refractivity contribution in [3.63, 3.8) is 0 Å². The molecule has 0 unspecified atom stereocenters. The fourth-order valence-corrected chi connectivity index (χ4v) is 5.30. The Labute approximate surface area is 329 Å². The van der Waals surface area contributed by atoms with Gasteiger partial charge in [-0.3, -0.25) is 38.4 Å². The molecule has 2 amide bonds. The predicted molar refractivity (Wildman–Crippen MR) is 210 cm³/mol. The van der Waals surface area contributed by atoms with Gasteiger partial charge in [0.2, 0.25) is 34.9 Å². The Kier molecular flexibility index (Phi) is 16.4. The van der Waals surface area contributed by atoms with Crippen molar-refractivity contribution in [3.8, 4) is 0 Å². The van der Waals surface area contributed by atoms with E-state index in [0.29, 0.717) is 11.1 Å². The van der Waals surface area contributed by atoms with Gasteiger partial charge in [-0.1, -0.05) is 88.4 Å². The van der Waals surface area contributed by atoms with Gasteiger partial charge in [-0.2, -0.15) is 11.0 Å². The minimum atomic E-state index is -1.32. The summed E-state index contributed by atoms with van der Waals surface area (Å²) >= 11 is 0. The normalized spacial score (nSPS) is 15.3. The van der Waals surface area contributed by atoms with Crippen LogP contribution >= 0.6 is 0 Å². The number of ketones is 4. The average molecular weight is 776 g/mol. The van der Waals surface area contributed by atoms with E-state index in [1.807, 2.05) is 41.5 Å². The largest absolute Gasteiger partial charge is 0.389 e. The number of allylic oxidation sites excluding steroid dienone is 3. The van der Waals surface area contributed by atoms with Crippen molar-refractivity contribution in [2.75, 3.05) is 0 Å². The van der Waals surface area contributed by atoms with E-state index in [2.05, 4.69) is 27.1 Å². The van der Waals surface area contributed by atoms with Gasteiger partial charge < -0.3 is 15.5 Å². The fourth-order valence-electron chi connectivity index (χ4n) is 5.30. The fraction of sp³-hybridized carbons (Fsp3) is 0.476. The Morgan fingerprint density at radius 1 is 0.625 bits per heavy atom. The zero-order valence-electron chi connectivity index (χ0n) is 34.0. The van der Waals surface area contributed by atoms with Crippen LogP contribution in [0.3, 0.4) is 0 Å². The number of benzene rings is 2. The molecule has 0 spiro atoms. The molecule has 14 heteroatoms. The summed E-state index contributed by atoms with van der Waals surface area (Å²) in [6.45, 7) is 18.1. The van der Waals surface area contributed by atoms with Crippen LogP contribution in [0.1, 0.15) is 80.4 Å². The first kappa shape index (κ1) is 45.4. The standard InChI is InChI=1S/C42H57N5O9/c1-25(2)33(46-55-41(5,6)7)39(52)43-30(21-27-17-13-11-14-18-27)36(49)35(48)29-23-32(45-54-24-29)38(51)37(50)31(22-28-19-15-12-16-20-28)44-40(53)34(26(3)4)47-56-42(8,9)10/h11-20,23-26,30-31,33-34,45-47H,21-22H2,1-10H3,(H,43,52)(H,44,53)/t30-,31-,33-,34-/m0/s1. The first-order chi connectivity index (χ1) is 26.2. The highest BCUT2D eigenvalue weighted by molar-refractivity contribution is 6.48. The zero-order chi connectivity index (χ0) is 41.8. The number of amides is 2. The summed E-state index contributed by atoms with van der Waals surface area (Å²) < 4.78 is 0. The second-order valence-corrected chi connectivity index (χ2v) is 16.3. The minimum absolute atomic E-state index is 0.0175. The molecule has 3 rings (SSSR count). The molecule has 0 saturated carbocycles. The lowest BCUT2D eigenvalue weighted by molar-refractivity contribution is -0.142. The number of Topliss-reactive ketones (excluding diaryl/α,β-unsaturated/α-hetero) is 4. The van der Waals surface area contributed by atoms with Crippen LogP contribution in [0.15, 0.2) is 84.3 Å². The summed E-state index contributed by atoms with van der Waals surface area (Å²) in [5, 5.41) is 5.42. The van der Waals surface area contributed by atoms with Gasteiger partial charge in [-0.25, -0.2) is 5.48 Å². The van der Waals surface area contributed by atoms with Crippen LogP contribution in [0.4, 0.5) is 0 Å². The number of hydroxylamine groups is 3. The van der Waals surface area contributed by atoms with Crippen molar-refractivity contribution in [3.05, 3.63) is 95.4 Å². The third kappa shape index (κ3) is 14.2. The van der Waals surface area contributed by atoms with E-state index in [4.69, 9.17) is 14.5 Å². The molecule has 0 saturated heterocycles. The summed E-state index contributed by atoms with van der Waals surface area (Å²) in [5.74, 6) is -5.79. The molecular weight excluding hydrogens is 718 g/mol. The molecule has 14 nitrogen and oxygen atoms in total. The second kappa shape index (κ2) is 20.2. The van der Waals surface area contributed by atoms with Crippen molar-refractivity contribution < 1.29 is 43.3 Å². The molecule has 4 atom stereocenters. The van der Waals surface area contributed by atoms with Gasteiger partial charge in [0.1, 0.15) is 24.0 Å². The van der Waals surface area contributed by atoms with Crippen LogP contribution in [0.25, 0.3) is 0 Å². The molecule has 0 fully saturated rings. The lowest BCUT2D eigenvalue weighted by atomic mass is 9.94. The average Bonchev–Trinajstić information content (AvgIpc) is 3.12. The van der Waals surface area contributed by atoms with Gasteiger partial charge in [-0.05, 0) is 70.6 Å². The first-order valence-corrected chi connectivity index (χ1v) is 18.7. The number of carbonyl (C=O) groups is 6. The molecule has 0 aliphatic carbocycles. The molecule has 2 aromatic rings. The zero-order valence-corrected chi connectivity index (χ0v) is 34.0. The Bertz CT molecular complexity index is 1760. The highest BCUT2D eigenvalue weighted by Crippen LogP contribution is 2.17. The van der Waals surface area contributed by atoms with Crippen molar-refractivity contribution in [1.29, 1.82) is 0 Å². The molecule has 56 heavy (non-hydrogen) atoms. The number of nitrogens with one attached hydrogen (secondary N) is 5. The predicted octanol–water partition coefficient (Wildman–Crippen LogP) is 3.71. The van der Waals surface area contributed by atoms with Gasteiger partial charge in [0.05, 0.1) is 28.9 Å². The third-order valence-corrected chi connectivity index (χ3v) is 8.32. The van der Waals surface area contributed by atoms with Crippen molar-refractivity contribution in [1.82, 2.24) is 27.1 Å². The molecule has 1 aliphatic rings. The van der Waals surface area contributed by atoms with Gasteiger partial charge in [0.15, 0.2) is 0 Å². The van der Waals surface area contributed by atoms with Crippen molar-refractivity contribution in [2.45, 2.75) is 117 Å². The van der Waals surface area contributed by atoms with Crippen molar-refractivity contribution >= 4 is 34.9 Å². The molecule has 2 aromatic carbocycles. The van der Waals surface area contributed by atoms with Gasteiger partial charge in [0.25, 0.3) is 0 Å². The van der Waals surface area contributed by atoms with E-state index < -0.39 is 76.0 Å². The van der Waals surface area contributed by atoms with E-state index in [9.17, 15) is 28.8 Å². The van der Waals surface area contributed by atoms with Crippen LogP contribution in [0.5, 0.6) is 0 Å². The monoisotopic (exact) mass is 775 g/mol. The number of rotatable bonds is 20. The van der Waals surface area contributed by atoms with Gasteiger partial charge >= 0.3 is 0 Å². The van der Waals surface area contributed by atoms with E-state index in [1.54, 1.807) is 88.4 Å². The van der Waals surface area contributed by atoms with E-state index in [1.165, 1.54) is 0 Å². The van der Waals surface area contributed by atoms with Crippen LogP contribution in [0.2, 0.25) is 0 Å². The SMILES string of the molecule is CC(C)[C@H](NOC(C)(C)C)C(=O)N[C@@H](Cc1ccccc1)C(=O)C(=O)C1=CONC(C(=O)C(=O)[C@H](Cc2ccccc2)NC(=O)[C@@H](NOC(C)(C)C)C(C)C)=C1. The van der Waals surface area contributed by atoms with Crippen LogP contribution in [-0.2, 0) is 56.1 Å².